The van der Waals surface area contributed by atoms with Crippen LogP contribution < -0.4 is 10.2 Å². The normalized spacial score (nSPS) is 16.1. The molecule has 0 radical (unpaired) electrons. The van der Waals surface area contributed by atoms with Gasteiger partial charge in [-0.3, -0.25) is 4.79 Å². The molecule has 0 unspecified atom stereocenters. The maximum absolute atomic E-state index is 11.5. The summed E-state index contributed by atoms with van der Waals surface area (Å²) in [6, 6.07) is 4.68. The third-order valence-electron chi connectivity index (χ3n) is 2.79. The van der Waals surface area contributed by atoms with Crippen LogP contribution >= 0.6 is 11.6 Å². The number of nitrogens with zero attached hydrogens (tertiary/aromatic N) is 1. The molecule has 1 aliphatic rings. The molecule has 1 aromatic rings. The first-order valence-corrected chi connectivity index (χ1v) is 6.00. The molecule has 0 atom stereocenters. The lowest BCUT2D eigenvalue weighted by Crippen LogP contribution is -2.33. The largest absolute Gasteiger partial charge is 0.478 e. The predicted molar refractivity (Wildman–Crippen MR) is 68.3 cm³/mol. The molecule has 0 bridgehead atoms. The highest BCUT2D eigenvalue weighted by molar-refractivity contribution is 6.31. The number of halogens is 1. The summed E-state index contributed by atoms with van der Waals surface area (Å²) in [7, 11) is 0. The third-order valence-corrected chi connectivity index (χ3v) is 3.03. The second-order valence-electron chi connectivity index (χ2n) is 4.09. The minimum atomic E-state index is -1.04. The van der Waals surface area contributed by atoms with E-state index in [9.17, 15) is 14.7 Å². The summed E-state index contributed by atoms with van der Waals surface area (Å²) in [5, 5.41) is 12.3. The lowest BCUT2D eigenvalue weighted by Gasteiger charge is -2.23. The van der Waals surface area contributed by atoms with Gasteiger partial charge in [-0.1, -0.05) is 11.6 Å². The number of hydrogen-bond donors (Lipinski definition) is 2. The number of nitrogens with one attached hydrogen (secondary N) is 1. The summed E-state index contributed by atoms with van der Waals surface area (Å²) in [5.41, 5.74) is 0.654. The number of amides is 1. The zero-order valence-corrected chi connectivity index (χ0v) is 10.4. The van der Waals surface area contributed by atoms with Crippen molar-refractivity contribution >= 4 is 29.2 Å². The lowest BCUT2D eigenvalue weighted by atomic mass is 10.1. The van der Waals surface area contributed by atoms with Crippen LogP contribution in [0.4, 0.5) is 5.69 Å². The van der Waals surface area contributed by atoms with Gasteiger partial charge < -0.3 is 15.3 Å². The molecule has 0 aliphatic carbocycles. The molecule has 2 N–H and O–H groups in total. The molecule has 1 amide bonds. The highest BCUT2D eigenvalue weighted by atomic mass is 35.5. The number of aromatic carboxylic acids is 1. The minimum Gasteiger partial charge on any atom is -0.478 e. The van der Waals surface area contributed by atoms with Crippen molar-refractivity contribution in [2.75, 3.05) is 24.5 Å². The van der Waals surface area contributed by atoms with Gasteiger partial charge in [-0.2, -0.15) is 0 Å². The highest BCUT2D eigenvalue weighted by Crippen LogP contribution is 2.25. The van der Waals surface area contributed by atoms with Crippen molar-refractivity contribution in [1.82, 2.24) is 5.32 Å². The molecule has 1 aromatic carbocycles. The van der Waals surface area contributed by atoms with Gasteiger partial charge in [-0.15, -0.1) is 0 Å². The zero-order valence-electron chi connectivity index (χ0n) is 9.65. The predicted octanol–water partition coefficient (Wildman–Crippen LogP) is 1.36. The van der Waals surface area contributed by atoms with E-state index in [0.717, 1.165) is 6.42 Å². The summed E-state index contributed by atoms with van der Waals surface area (Å²) in [4.78, 5) is 24.5. The fourth-order valence-corrected chi connectivity index (χ4v) is 2.14. The molecule has 96 valence electrons. The summed E-state index contributed by atoms with van der Waals surface area (Å²) in [6.45, 7) is 1.42. The molecule has 6 heteroatoms. The number of carboxylic acid groups (broad SMARTS) is 1. The van der Waals surface area contributed by atoms with E-state index in [1.165, 1.54) is 6.07 Å². The van der Waals surface area contributed by atoms with E-state index in [1.54, 1.807) is 17.0 Å². The van der Waals surface area contributed by atoms with Crippen LogP contribution in [0.2, 0.25) is 5.02 Å². The third kappa shape index (κ3) is 2.73. The van der Waals surface area contributed by atoms with E-state index in [-0.39, 0.29) is 18.0 Å². The number of hydrogen-bond acceptors (Lipinski definition) is 3. The second kappa shape index (κ2) is 5.27. The van der Waals surface area contributed by atoms with Crippen LogP contribution in [0.15, 0.2) is 18.2 Å². The van der Waals surface area contributed by atoms with Crippen molar-refractivity contribution in [3.8, 4) is 0 Å². The molecule has 5 nitrogen and oxygen atoms in total. The quantitative estimate of drug-likeness (QED) is 0.850. The van der Waals surface area contributed by atoms with E-state index in [1.807, 2.05) is 0 Å². The molecule has 2 rings (SSSR count). The molecule has 1 fully saturated rings. The molecule has 1 saturated heterocycles. The Balaban J connectivity index is 2.36. The lowest BCUT2D eigenvalue weighted by molar-refractivity contribution is -0.119. The summed E-state index contributed by atoms with van der Waals surface area (Å²) >= 11 is 5.80. The number of carbonyl (C=O) groups excluding carboxylic acids is 1. The zero-order chi connectivity index (χ0) is 13.1. The molecule has 0 saturated carbocycles. The Hall–Kier alpha value is -1.75. The monoisotopic (exact) mass is 268 g/mol. The molecule has 0 spiro atoms. The number of anilines is 1. The van der Waals surface area contributed by atoms with E-state index in [0.29, 0.717) is 23.8 Å². The first-order chi connectivity index (χ1) is 8.58. The Morgan fingerprint density at radius 2 is 2.22 bits per heavy atom. The van der Waals surface area contributed by atoms with Crippen LogP contribution in [0.5, 0.6) is 0 Å². The Kier molecular flexibility index (Phi) is 3.72. The number of rotatable bonds is 2. The van der Waals surface area contributed by atoms with Gasteiger partial charge in [0, 0.05) is 18.1 Å². The van der Waals surface area contributed by atoms with Crippen LogP contribution in [-0.4, -0.2) is 36.6 Å². The van der Waals surface area contributed by atoms with Crippen LogP contribution in [0.25, 0.3) is 0 Å². The van der Waals surface area contributed by atoms with Crippen molar-refractivity contribution in [3.63, 3.8) is 0 Å². The maximum atomic E-state index is 11.5. The van der Waals surface area contributed by atoms with Crippen molar-refractivity contribution < 1.29 is 14.7 Å². The Labute approximate surface area is 109 Å². The average molecular weight is 269 g/mol. The fraction of sp³-hybridized carbons (Fsp3) is 0.333. The van der Waals surface area contributed by atoms with E-state index >= 15 is 0 Å². The van der Waals surface area contributed by atoms with E-state index in [4.69, 9.17) is 11.6 Å². The molecule has 0 aromatic heterocycles. The van der Waals surface area contributed by atoms with Crippen molar-refractivity contribution in [2.45, 2.75) is 6.42 Å². The van der Waals surface area contributed by atoms with E-state index < -0.39 is 5.97 Å². The van der Waals surface area contributed by atoms with Gasteiger partial charge in [-0.25, -0.2) is 4.79 Å². The Bertz CT molecular complexity index is 490. The van der Waals surface area contributed by atoms with Crippen molar-refractivity contribution in [1.29, 1.82) is 0 Å². The topological polar surface area (TPSA) is 69.6 Å². The van der Waals surface area contributed by atoms with E-state index in [2.05, 4.69) is 5.32 Å². The maximum Gasteiger partial charge on any atom is 0.337 e. The molecule has 18 heavy (non-hydrogen) atoms. The minimum absolute atomic E-state index is 0.0983. The highest BCUT2D eigenvalue weighted by Gasteiger charge is 2.20. The molecule has 1 heterocycles. The van der Waals surface area contributed by atoms with Gasteiger partial charge in [-0.05, 0) is 24.6 Å². The number of benzene rings is 1. The fourth-order valence-electron chi connectivity index (χ4n) is 1.97. The van der Waals surface area contributed by atoms with Crippen LogP contribution in [-0.2, 0) is 4.79 Å². The summed E-state index contributed by atoms with van der Waals surface area (Å²) < 4.78 is 0. The SMILES string of the molecule is O=C1CN(c2ccc(Cl)cc2C(=O)O)CCCN1. The van der Waals surface area contributed by atoms with Crippen molar-refractivity contribution in [2.24, 2.45) is 0 Å². The average Bonchev–Trinajstić information content (AvgIpc) is 2.53. The first-order valence-electron chi connectivity index (χ1n) is 5.62. The van der Waals surface area contributed by atoms with Gasteiger partial charge in [0.15, 0.2) is 0 Å². The van der Waals surface area contributed by atoms with Crippen LogP contribution in [0, 0.1) is 0 Å². The van der Waals surface area contributed by atoms with Gasteiger partial charge in [0.25, 0.3) is 0 Å². The summed E-state index contributed by atoms with van der Waals surface area (Å²) in [6.07, 6.45) is 0.785. The molecule has 1 aliphatic heterocycles. The van der Waals surface area contributed by atoms with Gasteiger partial charge in [0.2, 0.25) is 5.91 Å². The smallest absolute Gasteiger partial charge is 0.337 e. The molecular weight excluding hydrogens is 256 g/mol. The second-order valence-corrected chi connectivity index (χ2v) is 4.53. The number of carbonyl (C=O) groups is 2. The van der Waals surface area contributed by atoms with Crippen LogP contribution in [0.1, 0.15) is 16.8 Å². The van der Waals surface area contributed by atoms with Crippen molar-refractivity contribution in [3.05, 3.63) is 28.8 Å². The summed E-state index contributed by atoms with van der Waals surface area (Å²) in [5.74, 6) is -1.14. The van der Waals surface area contributed by atoms with Gasteiger partial charge in [0.05, 0.1) is 17.8 Å². The Morgan fingerprint density at radius 1 is 1.44 bits per heavy atom. The number of carboxylic acids is 1. The standard InChI is InChI=1S/C12H13ClN2O3/c13-8-2-3-10(9(6-8)12(17)18)15-5-1-4-14-11(16)7-15/h2-3,6H,1,4-5,7H2,(H,14,16)(H,17,18). The van der Waals surface area contributed by atoms with Gasteiger partial charge >= 0.3 is 5.97 Å². The van der Waals surface area contributed by atoms with Crippen LogP contribution in [0.3, 0.4) is 0 Å². The Morgan fingerprint density at radius 3 is 2.94 bits per heavy atom. The van der Waals surface area contributed by atoms with Gasteiger partial charge in [0.1, 0.15) is 0 Å². The molecular formula is C12H13ClN2O3. The first kappa shape index (κ1) is 12.7.